The number of amides is 1. The molecule has 0 aromatic heterocycles. The van der Waals surface area contributed by atoms with E-state index in [1.807, 2.05) is 30.3 Å². The predicted octanol–water partition coefficient (Wildman–Crippen LogP) is 5.95. The highest BCUT2D eigenvalue weighted by molar-refractivity contribution is 14.1. The molecule has 8 nitrogen and oxygen atoms in total. The molecular weight excluding hydrogens is 593 g/mol. The van der Waals surface area contributed by atoms with Gasteiger partial charge in [-0.05, 0) is 88.2 Å². The van der Waals surface area contributed by atoms with Gasteiger partial charge in [0.2, 0.25) is 0 Å². The Hall–Kier alpha value is -3.25. The maximum absolute atomic E-state index is 12.6. The van der Waals surface area contributed by atoms with Gasteiger partial charge in [0.25, 0.3) is 11.6 Å². The molecular formula is C26H24IN3O5S. The van der Waals surface area contributed by atoms with Crippen LogP contribution in [0.5, 0.6) is 11.5 Å². The average Bonchev–Trinajstić information content (AvgIpc) is 3.21. The number of carbonyl (C=O) groups excluding carboxylic acids is 1. The molecule has 2 N–H and O–H groups in total. The van der Waals surface area contributed by atoms with E-state index < -0.39 is 4.92 Å². The highest BCUT2D eigenvalue weighted by atomic mass is 127. The molecule has 3 aromatic carbocycles. The minimum Gasteiger partial charge on any atom is -0.493 e. The third kappa shape index (κ3) is 6.30. The second-order valence-corrected chi connectivity index (χ2v) is 10.2. The number of nitrogens with zero attached hydrogens (tertiary/aromatic N) is 1. The number of methoxy groups -OCH3 is 1. The molecule has 1 aliphatic heterocycles. The molecule has 10 heteroatoms. The van der Waals surface area contributed by atoms with Crippen molar-refractivity contribution in [3.63, 3.8) is 0 Å². The number of carbonyl (C=O) groups is 1. The maximum atomic E-state index is 12.6. The van der Waals surface area contributed by atoms with Crippen LogP contribution in [0.4, 0.5) is 11.4 Å². The maximum Gasteiger partial charge on any atom is 0.269 e. The lowest BCUT2D eigenvalue weighted by Crippen LogP contribution is -2.30. The van der Waals surface area contributed by atoms with Gasteiger partial charge >= 0.3 is 0 Å². The molecule has 1 saturated heterocycles. The van der Waals surface area contributed by atoms with Gasteiger partial charge in [-0.2, -0.15) is 0 Å². The summed E-state index contributed by atoms with van der Waals surface area (Å²) in [5.74, 6) is 0.956. The standard InChI is InChI=1S/C26H24IN3O5S/c1-3-16-4-8-19(9-5-16)28-26-29-25(31)23(36-26)14-18-12-21(27)24(22(13-18)34-2)35-15-17-6-10-20(11-7-17)30(32)33/h4-14,26,28H,3,15H2,1-2H3,(H,29,31)/b23-14-/t26-/m1/s1. The summed E-state index contributed by atoms with van der Waals surface area (Å²) < 4.78 is 12.3. The second kappa shape index (κ2) is 11.7. The molecule has 0 bridgehead atoms. The molecule has 0 saturated carbocycles. The summed E-state index contributed by atoms with van der Waals surface area (Å²) in [6.45, 7) is 2.34. The number of nitrogens with one attached hydrogen (secondary N) is 2. The minimum atomic E-state index is -0.436. The van der Waals surface area contributed by atoms with E-state index >= 15 is 0 Å². The van der Waals surface area contributed by atoms with Crippen molar-refractivity contribution in [2.75, 3.05) is 12.4 Å². The van der Waals surface area contributed by atoms with Gasteiger partial charge in [0, 0.05) is 17.8 Å². The normalized spacial score (nSPS) is 16.0. The highest BCUT2D eigenvalue weighted by Crippen LogP contribution is 2.37. The lowest BCUT2D eigenvalue weighted by atomic mass is 10.1. The summed E-state index contributed by atoms with van der Waals surface area (Å²) in [6, 6.07) is 18.1. The monoisotopic (exact) mass is 617 g/mol. The van der Waals surface area contributed by atoms with Gasteiger partial charge in [0.05, 0.1) is 20.5 Å². The zero-order valence-electron chi connectivity index (χ0n) is 19.6. The van der Waals surface area contributed by atoms with Crippen molar-refractivity contribution in [2.45, 2.75) is 25.4 Å². The number of non-ortho nitro benzene ring substituents is 1. The SMILES string of the molecule is CCc1ccc(N[C@@H]2NC(=O)/C(=C/c3cc(I)c(OCc4ccc([N+](=O)[O-])cc4)c(OC)c3)S2)cc1. The van der Waals surface area contributed by atoms with Crippen molar-refractivity contribution in [1.29, 1.82) is 0 Å². The van der Waals surface area contributed by atoms with E-state index in [0.717, 1.165) is 26.8 Å². The summed E-state index contributed by atoms with van der Waals surface area (Å²) in [5, 5.41) is 17.1. The number of hydrogen-bond donors (Lipinski definition) is 2. The zero-order chi connectivity index (χ0) is 25.7. The van der Waals surface area contributed by atoms with Gasteiger partial charge < -0.3 is 20.1 Å². The van der Waals surface area contributed by atoms with Gasteiger partial charge in [0.15, 0.2) is 17.0 Å². The molecule has 1 aliphatic rings. The van der Waals surface area contributed by atoms with E-state index in [2.05, 4.69) is 52.3 Å². The number of benzene rings is 3. The van der Waals surface area contributed by atoms with Crippen LogP contribution in [0.15, 0.2) is 65.6 Å². The Kier molecular flexibility index (Phi) is 8.36. The number of halogens is 1. The molecule has 36 heavy (non-hydrogen) atoms. The first-order valence-corrected chi connectivity index (χ1v) is 13.1. The quantitative estimate of drug-likeness (QED) is 0.133. The van der Waals surface area contributed by atoms with E-state index in [0.29, 0.717) is 16.4 Å². The van der Waals surface area contributed by atoms with Gasteiger partial charge in [-0.1, -0.05) is 30.8 Å². The first-order chi connectivity index (χ1) is 17.4. The number of thioether (sulfide) groups is 1. The zero-order valence-corrected chi connectivity index (χ0v) is 22.6. The Labute approximate surface area is 226 Å². The molecule has 0 spiro atoms. The van der Waals surface area contributed by atoms with E-state index in [4.69, 9.17) is 9.47 Å². The van der Waals surface area contributed by atoms with Gasteiger partial charge in [0.1, 0.15) is 6.61 Å². The third-order valence-electron chi connectivity index (χ3n) is 5.47. The third-order valence-corrected chi connectivity index (χ3v) is 7.30. The Morgan fingerprint density at radius 2 is 1.83 bits per heavy atom. The number of ether oxygens (including phenoxy) is 2. The summed E-state index contributed by atoms with van der Waals surface area (Å²) in [5.41, 5.74) is 3.58. The van der Waals surface area contributed by atoms with Crippen LogP contribution in [0.1, 0.15) is 23.6 Å². The fourth-order valence-corrected chi connectivity index (χ4v) is 5.30. The molecule has 3 aromatic rings. The van der Waals surface area contributed by atoms with E-state index in [1.54, 1.807) is 19.2 Å². The summed E-state index contributed by atoms with van der Waals surface area (Å²) in [4.78, 5) is 23.6. The van der Waals surface area contributed by atoms with Crippen LogP contribution in [0.2, 0.25) is 0 Å². The lowest BCUT2D eigenvalue weighted by molar-refractivity contribution is -0.384. The Morgan fingerprint density at radius 1 is 1.14 bits per heavy atom. The fraction of sp³-hybridized carbons (Fsp3) is 0.192. The van der Waals surface area contributed by atoms with Crippen molar-refractivity contribution in [3.05, 3.63) is 95.9 Å². The summed E-state index contributed by atoms with van der Waals surface area (Å²) >= 11 is 3.58. The fourth-order valence-electron chi connectivity index (χ4n) is 3.54. The number of aryl methyl sites for hydroxylation is 1. The van der Waals surface area contributed by atoms with Gasteiger partial charge in [-0.15, -0.1) is 0 Å². The van der Waals surface area contributed by atoms with Crippen LogP contribution in [0, 0.1) is 13.7 Å². The summed E-state index contributed by atoms with van der Waals surface area (Å²) in [7, 11) is 1.56. The average molecular weight is 617 g/mol. The van der Waals surface area contributed by atoms with Crippen LogP contribution < -0.4 is 20.1 Å². The second-order valence-electron chi connectivity index (χ2n) is 7.92. The minimum absolute atomic E-state index is 0.0314. The Bertz CT molecular complexity index is 1300. The van der Waals surface area contributed by atoms with Crippen LogP contribution in [-0.4, -0.2) is 23.4 Å². The summed E-state index contributed by atoms with van der Waals surface area (Å²) in [6.07, 6.45) is 2.80. The predicted molar refractivity (Wildman–Crippen MR) is 150 cm³/mol. The topological polar surface area (TPSA) is 103 Å². The first-order valence-electron chi connectivity index (χ1n) is 11.1. The van der Waals surface area contributed by atoms with Crippen molar-refractivity contribution >= 4 is 57.7 Å². The largest absolute Gasteiger partial charge is 0.493 e. The molecule has 0 radical (unpaired) electrons. The van der Waals surface area contributed by atoms with Crippen molar-refractivity contribution in [1.82, 2.24) is 5.32 Å². The van der Waals surface area contributed by atoms with Crippen molar-refractivity contribution < 1.29 is 19.2 Å². The highest BCUT2D eigenvalue weighted by Gasteiger charge is 2.27. The van der Waals surface area contributed by atoms with Gasteiger partial charge in [-0.3, -0.25) is 14.9 Å². The first kappa shape index (κ1) is 25.8. The van der Waals surface area contributed by atoms with Gasteiger partial charge in [-0.25, -0.2) is 0 Å². The van der Waals surface area contributed by atoms with Crippen molar-refractivity contribution in [3.8, 4) is 11.5 Å². The number of anilines is 1. The number of hydrogen-bond acceptors (Lipinski definition) is 7. The molecule has 4 rings (SSSR count). The van der Waals surface area contributed by atoms with Crippen LogP contribution >= 0.6 is 34.4 Å². The molecule has 0 aliphatic carbocycles. The van der Waals surface area contributed by atoms with E-state index in [1.165, 1.54) is 29.5 Å². The molecule has 1 heterocycles. The number of rotatable bonds is 9. The lowest BCUT2D eigenvalue weighted by Gasteiger charge is -2.14. The number of nitro groups is 1. The van der Waals surface area contributed by atoms with E-state index in [9.17, 15) is 14.9 Å². The molecule has 1 amide bonds. The van der Waals surface area contributed by atoms with Crippen LogP contribution in [0.25, 0.3) is 6.08 Å². The number of nitro benzene ring substituents is 1. The van der Waals surface area contributed by atoms with Crippen LogP contribution in [-0.2, 0) is 17.8 Å². The van der Waals surface area contributed by atoms with Crippen LogP contribution in [0.3, 0.4) is 0 Å². The molecule has 186 valence electrons. The Balaban J connectivity index is 1.45. The van der Waals surface area contributed by atoms with E-state index in [-0.39, 0.29) is 23.7 Å². The molecule has 1 atom stereocenters. The molecule has 0 unspecified atom stereocenters. The smallest absolute Gasteiger partial charge is 0.269 e. The molecule has 1 fully saturated rings. The van der Waals surface area contributed by atoms with Crippen molar-refractivity contribution in [2.24, 2.45) is 0 Å². The Morgan fingerprint density at radius 3 is 2.47 bits per heavy atom.